The Morgan fingerprint density at radius 1 is 1.24 bits per heavy atom. The van der Waals surface area contributed by atoms with Gasteiger partial charge in [0.15, 0.2) is 0 Å². The lowest BCUT2D eigenvalue weighted by Gasteiger charge is -2.10. The molecule has 2 fully saturated rings. The molecule has 0 aromatic heterocycles. The van der Waals surface area contributed by atoms with Gasteiger partial charge in [0.05, 0.1) is 24.6 Å². The summed E-state index contributed by atoms with van der Waals surface area (Å²) in [6.07, 6.45) is 2.71. The number of hydrogen-bond acceptors (Lipinski definition) is 3. The molecule has 2 aliphatic rings. The molecule has 0 bridgehead atoms. The smallest absolute Gasteiger partial charge is 0.228 e. The maximum absolute atomic E-state index is 12.2. The Bertz CT molecular complexity index is 586. The van der Waals surface area contributed by atoms with E-state index in [2.05, 4.69) is 10.6 Å². The molecular weight excluding hydrogens is 292 g/mol. The Morgan fingerprint density at radius 3 is 2.62 bits per heavy atom. The molecule has 0 aliphatic heterocycles. The van der Waals surface area contributed by atoms with Gasteiger partial charge in [0, 0.05) is 11.1 Å². The van der Waals surface area contributed by atoms with Crippen molar-refractivity contribution in [2.24, 2.45) is 11.8 Å². The number of halogens is 1. The molecule has 6 heteroatoms. The van der Waals surface area contributed by atoms with E-state index in [1.54, 1.807) is 18.2 Å². The Kier molecular flexibility index (Phi) is 3.76. The average Bonchev–Trinajstić information content (AvgIpc) is 3.33. The van der Waals surface area contributed by atoms with Crippen molar-refractivity contribution >= 4 is 29.1 Å². The first kappa shape index (κ1) is 14.2. The third-order valence-electron chi connectivity index (χ3n) is 3.81. The van der Waals surface area contributed by atoms with Crippen molar-refractivity contribution in [1.82, 2.24) is 5.32 Å². The van der Waals surface area contributed by atoms with E-state index in [0.29, 0.717) is 28.9 Å². The molecule has 2 atom stereocenters. The lowest BCUT2D eigenvalue weighted by Crippen LogP contribution is -2.29. The maximum Gasteiger partial charge on any atom is 0.228 e. The van der Waals surface area contributed by atoms with Crippen LogP contribution in [0, 0.1) is 11.8 Å². The number of nitrogens with one attached hydrogen (secondary N) is 2. The number of carbonyl (C=O) groups is 2. The predicted octanol–water partition coefficient (Wildman–Crippen LogP) is 2.20. The molecule has 0 heterocycles. The molecule has 21 heavy (non-hydrogen) atoms. The zero-order valence-electron chi connectivity index (χ0n) is 11.7. The largest absolute Gasteiger partial charge is 0.495 e. The Labute approximate surface area is 128 Å². The summed E-state index contributed by atoms with van der Waals surface area (Å²) < 4.78 is 5.18. The Morgan fingerprint density at radius 2 is 1.95 bits per heavy atom. The van der Waals surface area contributed by atoms with Gasteiger partial charge >= 0.3 is 0 Å². The van der Waals surface area contributed by atoms with E-state index in [0.717, 1.165) is 12.8 Å². The van der Waals surface area contributed by atoms with Crippen molar-refractivity contribution in [3.63, 3.8) is 0 Å². The number of hydrogen-bond donors (Lipinski definition) is 2. The minimum atomic E-state index is -0.257. The van der Waals surface area contributed by atoms with Crippen molar-refractivity contribution in [2.45, 2.75) is 25.3 Å². The van der Waals surface area contributed by atoms with E-state index < -0.39 is 0 Å². The summed E-state index contributed by atoms with van der Waals surface area (Å²) >= 11 is 5.92. The van der Waals surface area contributed by atoms with Crippen LogP contribution in [0.1, 0.15) is 19.3 Å². The van der Waals surface area contributed by atoms with Crippen LogP contribution >= 0.6 is 11.6 Å². The third kappa shape index (κ3) is 3.29. The number of amides is 2. The minimum Gasteiger partial charge on any atom is -0.495 e. The second-order valence-electron chi connectivity index (χ2n) is 5.57. The lowest BCUT2D eigenvalue weighted by atomic mass is 10.2. The molecule has 2 aliphatic carbocycles. The van der Waals surface area contributed by atoms with Crippen LogP contribution in [0.25, 0.3) is 0 Å². The molecule has 0 spiro atoms. The van der Waals surface area contributed by atoms with Crippen LogP contribution in [0.15, 0.2) is 18.2 Å². The van der Waals surface area contributed by atoms with Crippen LogP contribution in [0.3, 0.4) is 0 Å². The van der Waals surface area contributed by atoms with Gasteiger partial charge in [-0.2, -0.15) is 0 Å². The minimum absolute atomic E-state index is 0.00397. The number of carbonyl (C=O) groups excluding carboxylic acids is 2. The van der Waals surface area contributed by atoms with Crippen LogP contribution in [-0.2, 0) is 9.59 Å². The van der Waals surface area contributed by atoms with Crippen molar-refractivity contribution in [3.05, 3.63) is 23.2 Å². The van der Waals surface area contributed by atoms with Gasteiger partial charge in [-0.25, -0.2) is 0 Å². The van der Waals surface area contributed by atoms with Crippen LogP contribution < -0.4 is 15.4 Å². The fourth-order valence-electron chi connectivity index (χ4n) is 2.31. The van der Waals surface area contributed by atoms with Crippen molar-refractivity contribution in [3.8, 4) is 5.75 Å². The standard InChI is InChI=1S/C15H17ClN2O3/c1-21-13-5-2-8(16)6-12(13)18-15(20)11-7-10(11)14(19)17-9-3-4-9/h2,5-6,9-11H,3-4,7H2,1H3,(H,17,19)(H,18,20). The van der Waals surface area contributed by atoms with Gasteiger partial charge in [-0.3, -0.25) is 9.59 Å². The Balaban J connectivity index is 1.59. The van der Waals surface area contributed by atoms with Crippen molar-refractivity contribution in [1.29, 1.82) is 0 Å². The van der Waals surface area contributed by atoms with Crippen LogP contribution in [0.4, 0.5) is 5.69 Å². The van der Waals surface area contributed by atoms with Gasteiger partial charge in [0.2, 0.25) is 11.8 Å². The monoisotopic (exact) mass is 308 g/mol. The summed E-state index contributed by atoms with van der Waals surface area (Å²) in [4.78, 5) is 24.0. The van der Waals surface area contributed by atoms with Gasteiger partial charge in [-0.05, 0) is 37.5 Å². The fraction of sp³-hybridized carbons (Fsp3) is 0.467. The molecule has 2 N–H and O–H groups in total. The SMILES string of the molecule is COc1ccc(Cl)cc1NC(=O)C1CC1C(=O)NC1CC1. The lowest BCUT2D eigenvalue weighted by molar-refractivity contribution is -0.125. The quantitative estimate of drug-likeness (QED) is 0.876. The zero-order valence-corrected chi connectivity index (χ0v) is 12.4. The number of benzene rings is 1. The number of rotatable bonds is 5. The van der Waals surface area contributed by atoms with Crippen LogP contribution in [-0.4, -0.2) is 25.0 Å². The van der Waals surface area contributed by atoms with Crippen molar-refractivity contribution < 1.29 is 14.3 Å². The molecule has 2 saturated carbocycles. The summed E-state index contributed by atoms with van der Waals surface area (Å²) in [5, 5.41) is 6.24. The van der Waals surface area contributed by atoms with Gasteiger partial charge in [-0.15, -0.1) is 0 Å². The first-order valence-electron chi connectivity index (χ1n) is 7.03. The van der Waals surface area contributed by atoms with E-state index in [-0.39, 0.29) is 23.7 Å². The predicted molar refractivity (Wildman–Crippen MR) is 79.4 cm³/mol. The van der Waals surface area contributed by atoms with Gasteiger partial charge < -0.3 is 15.4 Å². The highest BCUT2D eigenvalue weighted by molar-refractivity contribution is 6.31. The first-order chi connectivity index (χ1) is 10.1. The zero-order chi connectivity index (χ0) is 15.0. The van der Waals surface area contributed by atoms with E-state index in [9.17, 15) is 9.59 Å². The highest BCUT2D eigenvalue weighted by Gasteiger charge is 2.49. The van der Waals surface area contributed by atoms with Gasteiger partial charge in [0.1, 0.15) is 5.75 Å². The number of methoxy groups -OCH3 is 1. The Hall–Kier alpha value is -1.75. The first-order valence-corrected chi connectivity index (χ1v) is 7.41. The van der Waals surface area contributed by atoms with Gasteiger partial charge in [-0.1, -0.05) is 11.6 Å². The molecule has 5 nitrogen and oxygen atoms in total. The van der Waals surface area contributed by atoms with Crippen LogP contribution in [0.2, 0.25) is 5.02 Å². The normalized spacial score (nSPS) is 23.3. The van der Waals surface area contributed by atoms with Gasteiger partial charge in [0.25, 0.3) is 0 Å². The molecule has 2 amide bonds. The van der Waals surface area contributed by atoms with E-state index >= 15 is 0 Å². The summed E-state index contributed by atoms with van der Waals surface area (Å²) in [6.45, 7) is 0. The molecular formula is C15H17ClN2O3. The van der Waals surface area contributed by atoms with E-state index in [4.69, 9.17) is 16.3 Å². The molecule has 3 rings (SSSR count). The summed E-state index contributed by atoms with van der Waals surface area (Å²) in [5.41, 5.74) is 0.531. The van der Waals surface area contributed by atoms with E-state index in [1.165, 1.54) is 7.11 Å². The fourth-order valence-corrected chi connectivity index (χ4v) is 2.49. The highest BCUT2D eigenvalue weighted by Crippen LogP contribution is 2.41. The maximum atomic E-state index is 12.2. The summed E-state index contributed by atoms with van der Waals surface area (Å²) in [6, 6.07) is 5.36. The van der Waals surface area contributed by atoms with Crippen molar-refractivity contribution in [2.75, 3.05) is 12.4 Å². The average molecular weight is 309 g/mol. The molecule has 1 aromatic carbocycles. The topological polar surface area (TPSA) is 67.4 Å². The number of ether oxygens (including phenoxy) is 1. The van der Waals surface area contributed by atoms with Crippen LogP contribution in [0.5, 0.6) is 5.75 Å². The van der Waals surface area contributed by atoms with E-state index in [1.807, 2.05) is 0 Å². The molecule has 0 radical (unpaired) electrons. The molecule has 0 saturated heterocycles. The summed E-state index contributed by atoms with van der Waals surface area (Å²) in [5.74, 6) is -0.0715. The second kappa shape index (κ2) is 5.56. The molecule has 112 valence electrons. The molecule has 2 unspecified atom stereocenters. The third-order valence-corrected chi connectivity index (χ3v) is 4.04. The second-order valence-corrected chi connectivity index (χ2v) is 6.00. The highest BCUT2D eigenvalue weighted by atomic mass is 35.5. The summed E-state index contributed by atoms with van der Waals surface area (Å²) in [7, 11) is 1.53. The number of anilines is 1. The molecule has 1 aromatic rings.